The van der Waals surface area contributed by atoms with Crippen molar-refractivity contribution in [1.29, 1.82) is 0 Å². The second-order valence-corrected chi connectivity index (χ2v) is 8.10. The summed E-state index contributed by atoms with van der Waals surface area (Å²) in [6.07, 6.45) is 3.48. The Morgan fingerprint density at radius 2 is 1.73 bits per heavy atom. The molecule has 4 rings (SSSR count). The largest absolute Gasteiger partial charge is 0.337 e. The number of aromatic nitrogens is 1. The van der Waals surface area contributed by atoms with Gasteiger partial charge in [0.15, 0.2) is 0 Å². The Hall–Kier alpha value is -2.93. The molecule has 0 unspecified atom stereocenters. The summed E-state index contributed by atoms with van der Waals surface area (Å²) in [5.74, 6) is 0.0736. The standard InChI is InChI=1S/C23H28N4O3/c1-24-11-9-19(16-21(24)28)22(29)26-14-12-25(13-15-26)20-8-5-10-27(23(20)30)17-18-6-3-2-4-7-18/h2-4,6-7,9,11,16,20H,5,8,10,12-15,17H2,1H3/t20-/m1/s1. The van der Waals surface area contributed by atoms with Gasteiger partial charge in [0.25, 0.3) is 11.5 Å². The third-order valence-electron chi connectivity index (χ3n) is 6.11. The normalized spacial score (nSPS) is 20.4. The predicted molar refractivity (Wildman–Crippen MR) is 114 cm³/mol. The van der Waals surface area contributed by atoms with Gasteiger partial charge in [0.1, 0.15) is 0 Å². The molecule has 7 nitrogen and oxygen atoms in total. The van der Waals surface area contributed by atoms with Crippen molar-refractivity contribution in [3.8, 4) is 0 Å². The third-order valence-corrected chi connectivity index (χ3v) is 6.11. The number of aryl methyl sites for hydroxylation is 1. The Labute approximate surface area is 176 Å². The number of piperazine rings is 1. The molecule has 0 bridgehead atoms. The maximum absolute atomic E-state index is 13.1. The summed E-state index contributed by atoms with van der Waals surface area (Å²) in [4.78, 5) is 43.6. The highest BCUT2D eigenvalue weighted by atomic mass is 16.2. The summed E-state index contributed by atoms with van der Waals surface area (Å²) >= 11 is 0. The number of amides is 2. The second-order valence-electron chi connectivity index (χ2n) is 8.10. The van der Waals surface area contributed by atoms with Gasteiger partial charge in [-0.15, -0.1) is 0 Å². The summed E-state index contributed by atoms with van der Waals surface area (Å²) in [6, 6.07) is 13.1. The van der Waals surface area contributed by atoms with E-state index in [1.807, 2.05) is 23.1 Å². The lowest BCUT2D eigenvalue weighted by Crippen LogP contribution is -2.58. The molecule has 2 aliphatic rings. The Balaban J connectivity index is 1.36. The summed E-state index contributed by atoms with van der Waals surface area (Å²) < 4.78 is 1.45. The SMILES string of the molecule is Cn1ccc(C(=O)N2CCN([C@@H]3CCCN(Cc4ccccc4)C3=O)CC2)cc1=O. The fraction of sp³-hybridized carbons (Fsp3) is 0.435. The van der Waals surface area contributed by atoms with Crippen LogP contribution in [0.15, 0.2) is 53.5 Å². The van der Waals surface area contributed by atoms with Crippen LogP contribution in [0.25, 0.3) is 0 Å². The number of carbonyl (C=O) groups is 2. The molecule has 2 fully saturated rings. The number of hydrogen-bond donors (Lipinski definition) is 0. The van der Waals surface area contributed by atoms with Gasteiger partial charge in [-0.05, 0) is 24.5 Å². The van der Waals surface area contributed by atoms with Gasteiger partial charge in [-0.3, -0.25) is 19.3 Å². The van der Waals surface area contributed by atoms with Crippen molar-refractivity contribution in [2.24, 2.45) is 7.05 Å². The van der Waals surface area contributed by atoms with Crippen LogP contribution in [0.1, 0.15) is 28.8 Å². The van der Waals surface area contributed by atoms with Crippen LogP contribution in [0.3, 0.4) is 0 Å². The first-order valence-electron chi connectivity index (χ1n) is 10.6. The van der Waals surface area contributed by atoms with Crippen LogP contribution < -0.4 is 5.56 Å². The zero-order valence-corrected chi connectivity index (χ0v) is 17.4. The average molecular weight is 409 g/mol. The molecule has 2 saturated heterocycles. The molecule has 0 aliphatic carbocycles. The molecule has 30 heavy (non-hydrogen) atoms. The number of nitrogens with zero attached hydrogens (tertiary/aromatic N) is 4. The van der Waals surface area contributed by atoms with Gasteiger partial charge in [-0.1, -0.05) is 30.3 Å². The van der Waals surface area contributed by atoms with Gasteiger partial charge in [0, 0.05) is 64.1 Å². The van der Waals surface area contributed by atoms with E-state index in [0.717, 1.165) is 24.9 Å². The van der Waals surface area contributed by atoms with Crippen molar-refractivity contribution < 1.29 is 9.59 Å². The van der Waals surface area contributed by atoms with Crippen molar-refractivity contribution in [1.82, 2.24) is 19.3 Å². The lowest BCUT2D eigenvalue weighted by atomic mass is 10.0. The Morgan fingerprint density at radius 3 is 2.43 bits per heavy atom. The number of piperidine rings is 1. The Kier molecular flexibility index (Phi) is 5.99. The van der Waals surface area contributed by atoms with Gasteiger partial charge < -0.3 is 14.4 Å². The first kappa shape index (κ1) is 20.3. The molecule has 2 aromatic rings. The number of pyridine rings is 1. The van der Waals surface area contributed by atoms with E-state index in [4.69, 9.17) is 0 Å². The van der Waals surface area contributed by atoms with Gasteiger partial charge in [-0.25, -0.2) is 0 Å². The van der Waals surface area contributed by atoms with E-state index in [9.17, 15) is 14.4 Å². The smallest absolute Gasteiger partial charge is 0.254 e. The van der Waals surface area contributed by atoms with Crippen molar-refractivity contribution in [3.63, 3.8) is 0 Å². The molecule has 1 aromatic heterocycles. The van der Waals surface area contributed by atoms with Crippen molar-refractivity contribution in [2.45, 2.75) is 25.4 Å². The van der Waals surface area contributed by atoms with E-state index in [1.54, 1.807) is 24.2 Å². The van der Waals surface area contributed by atoms with Gasteiger partial charge in [0.05, 0.1) is 6.04 Å². The average Bonchev–Trinajstić information content (AvgIpc) is 2.77. The molecule has 1 aromatic carbocycles. The minimum absolute atomic E-state index is 0.108. The summed E-state index contributed by atoms with van der Waals surface area (Å²) in [6.45, 7) is 3.93. The topological polar surface area (TPSA) is 65.9 Å². The van der Waals surface area contributed by atoms with Crippen LogP contribution in [0, 0.1) is 0 Å². The fourth-order valence-corrected chi connectivity index (χ4v) is 4.32. The van der Waals surface area contributed by atoms with Gasteiger partial charge in [-0.2, -0.15) is 0 Å². The van der Waals surface area contributed by atoms with E-state index >= 15 is 0 Å². The number of likely N-dealkylation sites (tertiary alicyclic amines) is 1. The molecule has 3 heterocycles. The highest BCUT2D eigenvalue weighted by Crippen LogP contribution is 2.21. The highest BCUT2D eigenvalue weighted by molar-refractivity contribution is 5.94. The van der Waals surface area contributed by atoms with Crippen LogP contribution in [-0.4, -0.2) is 69.8 Å². The van der Waals surface area contributed by atoms with Crippen LogP contribution in [0.5, 0.6) is 0 Å². The molecule has 0 saturated carbocycles. The first-order valence-corrected chi connectivity index (χ1v) is 10.6. The van der Waals surface area contributed by atoms with Crippen molar-refractivity contribution in [2.75, 3.05) is 32.7 Å². The second kappa shape index (κ2) is 8.83. The molecule has 1 atom stereocenters. The molecule has 0 N–H and O–H groups in total. The van der Waals surface area contributed by atoms with Gasteiger partial charge >= 0.3 is 0 Å². The van der Waals surface area contributed by atoms with Crippen LogP contribution in [0.4, 0.5) is 0 Å². The zero-order chi connectivity index (χ0) is 21.1. The maximum Gasteiger partial charge on any atom is 0.254 e. The lowest BCUT2D eigenvalue weighted by molar-refractivity contribution is -0.141. The molecule has 158 valence electrons. The molecule has 2 amide bonds. The lowest BCUT2D eigenvalue weighted by Gasteiger charge is -2.42. The highest BCUT2D eigenvalue weighted by Gasteiger charge is 2.35. The third kappa shape index (κ3) is 4.31. The monoisotopic (exact) mass is 408 g/mol. The van der Waals surface area contributed by atoms with E-state index in [-0.39, 0.29) is 23.4 Å². The Bertz CT molecular complexity index is 964. The molecular weight excluding hydrogens is 380 g/mol. The summed E-state index contributed by atoms with van der Waals surface area (Å²) in [5.41, 5.74) is 1.39. The van der Waals surface area contributed by atoms with Gasteiger partial charge in [0.2, 0.25) is 5.91 Å². The van der Waals surface area contributed by atoms with E-state index in [0.29, 0.717) is 38.3 Å². The quantitative estimate of drug-likeness (QED) is 0.766. The molecule has 7 heteroatoms. The number of rotatable bonds is 4. The van der Waals surface area contributed by atoms with E-state index in [1.165, 1.54) is 10.6 Å². The predicted octanol–water partition coefficient (Wildman–Crippen LogP) is 1.33. The summed E-state index contributed by atoms with van der Waals surface area (Å²) in [5, 5.41) is 0. The molecule has 0 radical (unpaired) electrons. The zero-order valence-electron chi connectivity index (χ0n) is 17.4. The van der Waals surface area contributed by atoms with Crippen molar-refractivity contribution >= 4 is 11.8 Å². The number of benzene rings is 1. The number of carbonyl (C=O) groups excluding carboxylic acids is 2. The van der Waals surface area contributed by atoms with E-state index in [2.05, 4.69) is 17.0 Å². The molecular formula is C23H28N4O3. The van der Waals surface area contributed by atoms with E-state index < -0.39 is 0 Å². The van der Waals surface area contributed by atoms with Crippen LogP contribution in [0.2, 0.25) is 0 Å². The summed E-state index contributed by atoms with van der Waals surface area (Å²) in [7, 11) is 1.66. The van der Waals surface area contributed by atoms with Crippen LogP contribution >= 0.6 is 0 Å². The van der Waals surface area contributed by atoms with Crippen molar-refractivity contribution in [3.05, 3.63) is 70.1 Å². The first-order chi connectivity index (χ1) is 14.5. The number of hydrogen-bond acceptors (Lipinski definition) is 4. The molecule has 0 spiro atoms. The van der Waals surface area contributed by atoms with Crippen LogP contribution in [-0.2, 0) is 18.4 Å². The fourth-order valence-electron chi connectivity index (χ4n) is 4.32. The maximum atomic E-state index is 13.1. The molecule has 2 aliphatic heterocycles. The minimum atomic E-state index is -0.189. The minimum Gasteiger partial charge on any atom is -0.337 e. The Morgan fingerprint density at radius 1 is 1.00 bits per heavy atom.